The third-order valence-corrected chi connectivity index (χ3v) is 4.76. The number of nitrogens with zero attached hydrogens (tertiary/aromatic N) is 1. The van der Waals surface area contributed by atoms with Crippen LogP contribution in [0.4, 0.5) is 4.39 Å². The van der Waals surface area contributed by atoms with Gasteiger partial charge < -0.3 is 4.57 Å². The second kappa shape index (κ2) is 7.66. The van der Waals surface area contributed by atoms with Gasteiger partial charge in [-0.25, -0.2) is 12.8 Å². The molecule has 0 unspecified atom stereocenters. The molecule has 2 aromatic carbocycles. The van der Waals surface area contributed by atoms with Gasteiger partial charge in [-0.15, -0.1) is 0 Å². The van der Waals surface area contributed by atoms with E-state index in [4.69, 9.17) is 0 Å². The van der Waals surface area contributed by atoms with Gasteiger partial charge in [0, 0.05) is 11.9 Å². The maximum Gasteiger partial charge on any atom is 0.144 e. The molecule has 0 N–H and O–H groups in total. The van der Waals surface area contributed by atoms with Gasteiger partial charge in [-0.1, -0.05) is 25.5 Å². The summed E-state index contributed by atoms with van der Waals surface area (Å²) < 4.78 is 37.1. The predicted octanol–water partition coefficient (Wildman–Crippen LogP) is 4.35. The summed E-state index contributed by atoms with van der Waals surface area (Å²) in [6.07, 6.45) is 3.97. The fourth-order valence-corrected chi connectivity index (χ4v) is 3.51. The lowest BCUT2D eigenvalue weighted by Crippen LogP contribution is -1.98. The van der Waals surface area contributed by atoms with Gasteiger partial charge in [-0.2, -0.15) is 0 Å². The third kappa shape index (κ3) is 3.99. The van der Waals surface area contributed by atoms with Crippen molar-refractivity contribution in [2.45, 2.75) is 25.5 Å². The van der Waals surface area contributed by atoms with Crippen molar-refractivity contribution in [3.8, 4) is 16.9 Å². The Labute approximate surface area is 148 Å². The van der Waals surface area contributed by atoms with Gasteiger partial charge >= 0.3 is 0 Å². The number of hydrogen-bond donors (Lipinski definition) is 1. The molecule has 3 rings (SSSR count). The number of hydrogen-bond acceptors (Lipinski definition) is 2. The van der Waals surface area contributed by atoms with Crippen LogP contribution in [0.5, 0.6) is 0 Å². The highest BCUT2D eigenvalue weighted by Crippen LogP contribution is 2.29. The molecule has 0 atom stereocenters. The van der Waals surface area contributed by atoms with Crippen LogP contribution in [-0.4, -0.2) is 13.0 Å². The first-order valence-corrected chi connectivity index (χ1v) is 9.62. The molecule has 0 aliphatic heterocycles. The Bertz CT molecular complexity index is 917. The second-order valence-corrected chi connectivity index (χ2v) is 6.96. The molecule has 1 heterocycles. The lowest BCUT2D eigenvalue weighted by molar-refractivity contribution is 0.614. The summed E-state index contributed by atoms with van der Waals surface area (Å²) in [6, 6.07) is 16.1. The van der Waals surface area contributed by atoms with Crippen LogP contribution in [0.25, 0.3) is 16.9 Å². The van der Waals surface area contributed by atoms with Gasteiger partial charge in [0.25, 0.3) is 0 Å². The summed E-state index contributed by atoms with van der Waals surface area (Å²) in [5.41, 5.74) is 4.93. The minimum Gasteiger partial charge on any atom is -0.316 e. The van der Waals surface area contributed by atoms with Gasteiger partial charge in [0.2, 0.25) is 0 Å². The highest BCUT2D eigenvalue weighted by atomic mass is 32.2. The smallest absolute Gasteiger partial charge is 0.144 e. The van der Waals surface area contributed by atoms with Crippen LogP contribution in [-0.2, 0) is 22.9 Å². The van der Waals surface area contributed by atoms with Crippen LogP contribution in [0.1, 0.15) is 24.5 Å². The van der Waals surface area contributed by atoms with Gasteiger partial charge in [0.05, 0.1) is 11.4 Å². The van der Waals surface area contributed by atoms with E-state index in [9.17, 15) is 12.8 Å². The first-order valence-electron chi connectivity index (χ1n) is 8.25. The average Bonchev–Trinajstić information content (AvgIpc) is 3.00. The fourth-order valence-electron chi connectivity index (χ4n) is 3.00. The van der Waals surface area contributed by atoms with E-state index in [1.54, 1.807) is 12.1 Å². The maximum absolute atomic E-state index is 13.3. The SMILES string of the molecule is CCCc1ccn(-c2ccc(C[SH](=O)=O)cc2)c1-c1ccc(F)cc1. The van der Waals surface area contributed by atoms with Gasteiger partial charge in [-0.3, -0.25) is 0 Å². The lowest BCUT2D eigenvalue weighted by Gasteiger charge is -2.12. The molecule has 0 saturated heterocycles. The number of benzene rings is 2. The van der Waals surface area contributed by atoms with Crippen LogP contribution in [0, 0.1) is 5.82 Å². The normalized spacial score (nSPS) is 11.2. The number of thiol groups is 1. The molecule has 3 nitrogen and oxygen atoms in total. The highest BCUT2D eigenvalue weighted by Gasteiger charge is 2.12. The molecular formula is C20H20FNO2S. The molecule has 0 radical (unpaired) electrons. The number of aryl methyl sites for hydroxylation is 1. The van der Waals surface area contributed by atoms with E-state index in [-0.39, 0.29) is 11.6 Å². The van der Waals surface area contributed by atoms with E-state index in [1.807, 2.05) is 30.5 Å². The molecule has 0 saturated carbocycles. The second-order valence-electron chi connectivity index (χ2n) is 5.97. The standard InChI is InChI=1S/C20H20FNO2S/c1-2-3-16-12-13-22(20(16)17-6-8-18(21)9-7-17)19-10-4-15(5-11-19)14-25(23)24/h4-13,25H,2-3,14H2,1H3. The topological polar surface area (TPSA) is 39.1 Å². The van der Waals surface area contributed by atoms with Crippen molar-refractivity contribution >= 4 is 10.7 Å². The summed E-state index contributed by atoms with van der Waals surface area (Å²) in [5, 5.41) is 0. The van der Waals surface area contributed by atoms with Crippen LogP contribution >= 0.6 is 0 Å². The summed E-state index contributed by atoms with van der Waals surface area (Å²) in [5.74, 6) is -0.206. The minimum absolute atomic E-state index is 0.0488. The number of halogens is 1. The van der Waals surface area contributed by atoms with Crippen LogP contribution in [0.3, 0.4) is 0 Å². The maximum atomic E-state index is 13.3. The molecule has 1 aromatic heterocycles. The molecule has 0 amide bonds. The molecule has 3 aromatic rings. The van der Waals surface area contributed by atoms with Crippen molar-refractivity contribution in [1.82, 2.24) is 4.57 Å². The Kier molecular flexibility index (Phi) is 5.34. The zero-order valence-electron chi connectivity index (χ0n) is 14.0. The van der Waals surface area contributed by atoms with Crippen LogP contribution < -0.4 is 0 Å². The molecule has 0 bridgehead atoms. The van der Waals surface area contributed by atoms with Crippen LogP contribution in [0.2, 0.25) is 0 Å². The first kappa shape index (κ1) is 17.4. The van der Waals surface area contributed by atoms with Crippen molar-refractivity contribution in [3.05, 3.63) is 77.7 Å². The largest absolute Gasteiger partial charge is 0.316 e. The average molecular weight is 357 g/mol. The first-order chi connectivity index (χ1) is 12.1. The van der Waals surface area contributed by atoms with Gasteiger partial charge in [0.1, 0.15) is 16.5 Å². The Hall–Kier alpha value is -2.40. The summed E-state index contributed by atoms with van der Waals surface area (Å²) >= 11 is 0. The molecular weight excluding hydrogens is 337 g/mol. The van der Waals surface area contributed by atoms with E-state index >= 15 is 0 Å². The number of aromatic nitrogens is 1. The van der Waals surface area contributed by atoms with Crippen LogP contribution in [0.15, 0.2) is 60.8 Å². The van der Waals surface area contributed by atoms with Gasteiger partial charge in [0.15, 0.2) is 0 Å². The quantitative estimate of drug-likeness (QED) is 0.666. The Morgan fingerprint density at radius 1 is 0.960 bits per heavy atom. The summed E-state index contributed by atoms with van der Waals surface area (Å²) in [7, 11) is -2.43. The minimum atomic E-state index is -2.43. The summed E-state index contributed by atoms with van der Waals surface area (Å²) in [4.78, 5) is 0. The van der Waals surface area contributed by atoms with Crippen molar-refractivity contribution in [2.24, 2.45) is 0 Å². The number of rotatable bonds is 6. The molecule has 0 aliphatic rings. The molecule has 0 fully saturated rings. The Balaban J connectivity index is 2.05. The van der Waals surface area contributed by atoms with E-state index in [1.165, 1.54) is 17.7 Å². The molecule has 130 valence electrons. The molecule has 5 heteroatoms. The molecule has 0 spiro atoms. The van der Waals surface area contributed by atoms with E-state index in [0.29, 0.717) is 0 Å². The Morgan fingerprint density at radius 3 is 2.24 bits per heavy atom. The predicted molar refractivity (Wildman–Crippen MR) is 99.2 cm³/mol. The van der Waals surface area contributed by atoms with E-state index in [0.717, 1.165) is 35.3 Å². The van der Waals surface area contributed by atoms with E-state index in [2.05, 4.69) is 17.6 Å². The highest BCUT2D eigenvalue weighted by molar-refractivity contribution is 7.71. The lowest BCUT2D eigenvalue weighted by atomic mass is 10.0. The zero-order chi connectivity index (χ0) is 17.8. The van der Waals surface area contributed by atoms with E-state index < -0.39 is 10.7 Å². The summed E-state index contributed by atoms with van der Waals surface area (Å²) in [6.45, 7) is 2.13. The van der Waals surface area contributed by atoms with Crippen molar-refractivity contribution in [2.75, 3.05) is 0 Å². The molecule has 25 heavy (non-hydrogen) atoms. The molecule has 0 aliphatic carbocycles. The monoisotopic (exact) mass is 357 g/mol. The van der Waals surface area contributed by atoms with Crippen molar-refractivity contribution < 1.29 is 12.8 Å². The van der Waals surface area contributed by atoms with Crippen molar-refractivity contribution in [1.29, 1.82) is 0 Å². The fraction of sp³-hybridized carbons (Fsp3) is 0.200. The Morgan fingerprint density at radius 2 is 1.64 bits per heavy atom. The van der Waals surface area contributed by atoms with Gasteiger partial charge in [-0.05, 0) is 65.6 Å². The third-order valence-electron chi connectivity index (χ3n) is 4.13. The van der Waals surface area contributed by atoms with Crippen molar-refractivity contribution in [3.63, 3.8) is 0 Å². The zero-order valence-corrected chi connectivity index (χ0v) is 14.9.